The van der Waals surface area contributed by atoms with Crippen molar-refractivity contribution in [1.82, 2.24) is 0 Å². The van der Waals surface area contributed by atoms with Gasteiger partial charge in [-0.05, 0) is 18.2 Å². The molecule has 1 unspecified atom stereocenters. The maximum absolute atomic E-state index is 11.7. The first-order valence-electron chi connectivity index (χ1n) is 12.1. The molecule has 2 aliphatic rings. The summed E-state index contributed by atoms with van der Waals surface area (Å²) in [5.74, 6) is -3.62. The second-order valence-corrected chi connectivity index (χ2v) is 9.08. The number of carbonyl (C=O) groups is 2. The van der Waals surface area contributed by atoms with E-state index in [9.17, 15) is 40.2 Å². The highest BCUT2D eigenvalue weighted by atomic mass is 16.7. The number of methoxy groups -OCH3 is 2. The minimum atomic E-state index is -1.84. The van der Waals surface area contributed by atoms with Crippen LogP contribution in [0.3, 0.4) is 0 Å². The summed E-state index contributed by atoms with van der Waals surface area (Å²) < 4.78 is 32.7. The molecule has 6 atom stereocenters. The average Bonchev–Trinajstić information content (AvgIpc) is 2.92. The molecular formula is C26H28O15. The van der Waals surface area contributed by atoms with Crippen molar-refractivity contribution < 1.29 is 73.8 Å². The van der Waals surface area contributed by atoms with E-state index in [-0.39, 0.29) is 51.4 Å². The van der Waals surface area contributed by atoms with E-state index in [2.05, 4.69) is 0 Å². The molecule has 222 valence electrons. The van der Waals surface area contributed by atoms with Crippen molar-refractivity contribution in [2.75, 3.05) is 20.8 Å². The van der Waals surface area contributed by atoms with Gasteiger partial charge in [-0.25, -0.2) is 0 Å². The monoisotopic (exact) mass is 580 g/mol. The molecule has 4 rings (SSSR count). The Morgan fingerprint density at radius 2 is 1.59 bits per heavy atom. The lowest BCUT2D eigenvalue weighted by Gasteiger charge is -2.41. The van der Waals surface area contributed by atoms with Gasteiger partial charge >= 0.3 is 11.9 Å². The number of aromatic hydroxyl groups is 3. The summed E-state index contributed by atoms with van der Waals surface area (Å²) in [7, 11) is 2.61. The molecule has 15 heteroatoms. The number of fused-ring (bicyclic) bond motifs is 1. The third kappa shape index (κ3) is 6.17. The van der Waals surface area contributed by atoms with Crippen LogP contribution in [0.25, 0.3) is 6.08 Å². The third-order valence-corrected chi connectivity index (χ3v) is 6.32. The zero-order chi connectivity index (χ0) is 30.0. The van der Waals surface area contributed by atoms with Crippen LogP contribution >= 0.6 is 0 Å². The van der Waals surface area contributed by atoms with Crippen LogP contribution in [0.1, 0.15) is 23.7 Å². The number of hydrogen-bond acceptors (Lipinski definition) is 14. The maximum Gasteiger partial charge on any atom is 0.317 e. The quantitative estimate of drug-likeness (QED) is 0.154. The number of rotatable bonds is 9. The number of carbonyl (C=O) groups excluding carboxylic acids is 1. The highest BCUT2D eigenvalue weighted by Gasteiger charge is 2.46. The van der Waals surface area contributed by atoms with Crippen molar-refractivity contribution in [3.63, 3.8) is 0 Å². The Labute approximate surface area is 231 Å². The van der Waals surface area contributed by atoms with Crippen LogP contribution < -0.4 is 14.2 Å². The Morgan fingerprint density at radius 3 is 2.20 bits per heavy atom. The smallest absolute Gasteiger partial charge is 0.317 e. The Kier molecular flexibility index (Phi) is 8.63. The Balaban J connectivity index is 1.69. The number of aliphatic hydroxyl groups excluding tert-OH is 3. The van der Waals surface area contributed by atoms with Crippen molar-refractivity contribution in [3.8, 4) is 34.5 Å². The summed E-state index contributed by atoms with van der Waals surface area (Å²) in [5.41, 5.74) is 0.359. The number of phenols is 3. The number of aliphatic carboxylic acids is 1. The van der Waals surface area contributed by atoms with Crippen LogP contribution in [0.4, 0.5) is 0 Å². The molecule has 0 amide bonds. The normalized spacial score (nSPS) is 25.2. The highest BCUT2D eigenvalue weighted by molar-refractivity contribution is 5.90. The number of carboxylic acid groups (broad SMARTS) is 1. The lowest BCUT2D eigenvalue weighted by atomic mass is 9.98. The van der Waals surface area contributed by atoms with Gasteiger partial charge in [0.15, 0.2) is 17.6 Å². The van der Waals surface area contributed by atoms with Gasteiger partial charge in [-0.15, -0.1) is 0 Å². The average molecular weight is 580 g/mol. The van der Waals surface area contributed by atoms with E-state index in [1.807, 2.05) is 0 Å². The summed E-state index contributed by atoms with van der Waals surface area (Å²) in [6.07, 6.45) is -9.38. The standard InChI is InChI=1S/C26H28O15/c1-36-15-3-10(4-16(37-2)21(15)32)25-17(7-12-13(28)5-11(27)6-14(12)39-25)40-26-24(35)23(34)22(33)18(41-26)9-38-20(31)8-19(29)30/h3-7,18,22-28,32-35H,8-9H2,1-2H3,(H,29,30)/t18-,22+,23-,24-,25?,26-/m1/s1. The minimum absolute atomic E-state index is 0.00240. The van der Waals surface area contributed by atoms with Gasteiger partial charge < -0.3 is 64.2 Å². The molecule has 2 aromatic rings. The van der Waals surface area contributed by atoms with Gasteiger partial charge in [-0.1, -0.05) is 0 Å². The van der Waals surface area contributed by atoms with Crippen LogP contribution in [0, 0.1) is 0 Å². The largest absolute Gasteiger partial charge is 0.508 e. The molecular weight excluding hydrogens is 552 g/mol. The molecule has 2 aromatic carbocycles. The summed E-state index contributed by atoms with van der Waals surface area (Å²) in [6, 6.07) is 5.08. The minimum Gasteiger partial charge on any atom is -0.508 e. The van der Waals surface area contributed by atoms with Crippen LogP contribution in [-0.2, 0) is 23.8 Å². The number of esters is 1. The first-order chi connectivity index (χ1) is 19.4. The number of carboxylic acids is 1. The molecule has 1 fully saturated rings. The Morgan fingerprint density at radius 1 is 0.927 bits per heavy atom. The molecule has 0 aliphatic carbocycles. The van der Waals surface area contributed by atoms with Gasteiger partial charge in [-0.2, -0.15) is 0 Å². The van der Waals surface area contributed by atoms with E-state index < -0.39 is 61.8 Å². The van der Waals surface area contributed by atoms with Gasteiger partial charge in [0, 0.05) is 17.7 Å². The van der Waals surface area contributed by atoms with Gasteiger partial charge in [0.05, 0.1) is 19.8 Å². The van der Waals surface area contributed by atoms with Crippen LogP contribution in [-0.4, -0.2) is 99.2 Å². The molecule has 7 N–H and O–H groups in total. The van der Waals surface area contributed by atoms with Crippen LogP contribution in [0.2, 0.25) is 0 Å². The first-order valence-corrected chi connectivity index (χ1v) is 12.1. The van der Waals surface area contributed by atoms with Gasteiger partial charge in [0.2, 0.25) is 12.0 Å². The fourth-order valence-corrected chi connectivity index (χ4v) is 4.27. The molecule has 15 nitrogen and oxygen atoms in total. The number of phenolic OH excluding ortho intramolecular Hbond substituents is 3. The summed E-state index contributed by atoms with van der Waals surface area (Å²) >= 11 is 0. The molecule has 1 saturated heterocycles. The lowest BCUT2D eigenvalue weighted by molar-refractivity contribution is -0.294. The number of hydrogen-bond donors (Lipinski definition) is 7. The van der Waals surface area contributed by atoms with Gasteiger partial charge in [0.1, 0.15) is 60.5 Å². The van der Waals surface area contributed by atoms with E-state index in [0.717, 1.165) is 6.07 Å². The van der Waals surface area contributed by atoms with Gasteiger partial charge in [0.25, 0.3) is 0 Å². The van der Waals surface area contributed by atoms with E-state index in [1.165, 1.54) is 38.5 Å². The van der Waals surface area contributed by atoms with Crippen molar-refractivity contribution >= 4 is 18.0 Å². The van der Waals surface area contributed by atoms with E-state index in [4.69, 9.17) is 33.5 Å². The summed E-state index contributed by atoms with van der Waals surface area (Å²) in [4.78, 5) is 22.4. The fraction of sp³-hybridized carbons (Fsp3) is 0.385. The second-order valence-electron chi connectivity index (χ2n) is 9.08. The number of aliphatic hydroxyl groups is 3. The summed E-state index contributed by atoms with van der Waals surface area (Å²) in [5, 5.41) is 70.9. The van der Waals surface area contributed by atoms with E-state index in [0.29, 0.717) is 0 Å². The number of ether oxygens (including phenoxy) is 6. The van der Waals surface area contributed by atoms with Crippen molar-refractivity contribution in [2.24, 2.45) is 0 Å². The second kappa shape index (κ2) is 12.0. The zero-order valence-corrected chi connectivity index (χ0v) is 21.7. The molecule has 0 aromatic heterocycles. The van der Waals surface area contributed by atoms with Crippen LogP contribution in [0.5, 0.6) is 34.5 Å². The maximum atomic E-state index is 11.7. The molecule has 0 radical (unpaired) electrons. The molecule has 41 heavy (non-hydrogen) atoms. The fourth-order valence-electron chi connectivity index (χ4n) is 4.27. The van der Waals surface area contributed by atoms with Crippen molar-refractivity contribution in [2.45, 2.75) is 43.2 Å². The Hall–Kier alpha value is -4.44. The third-order valence-electron chi connectivity index (χ3n) is 6.32. The molecule has 0 saturated carbocycles. The Bertz CT molecular complexity index is 1310. The zero-order valence-electron chi connectivity index (χ0n) is 21.7. The first kappa shape index (κ1) is 29.5. The molecule has 2 heterocycles. The predicted molar refractivity (Wildman–Crippen MR) is 133 cm³/mol. The number of benzene rings is 2. The molecule has 2 aliphatic heterocycles. The van der Waals surface area contributed by atoms with Crippen molar-refractivity contribution in [1.29, 1.82) is 0 Å². The predicted octanol–water partition coefficient (Wildman–Crippen LogP) is 0.137. The molecule has 0 bridgehead atoms. The molecule has 0 spiro atoms. The summed E-state index contributed by atoms with van der Waals surface area (Å²) in [6.45, 7) is -0.675. The van der Waals surface area contributed by atoms with Crippen molar-refractivity contribution in [3.05, 3.63) is 41.2 Å². The van der Waals surface area contributed by atoms with Crippen LogP contribution in [0.15, 0.2) is 30.0 Å². The highest BCUT2D eigenvalue weighted by Crippen LogP contribution is 2.47. The van der Waals surface area contributed by atoms with Gasteiger partial charge in [-0.3, -0.25) is 9.59 Å². The van der Waals surface area contributed by atoms with E-state index in [1.54, 1.807) is 0 Å². The van der Waals surface area contributed by atoms with E-state index >= 15 is 0 Å². The lowest BCUT2D eigenvalue weighted by Crippen LogP contribution is -2.59. The SMILES string of the molecule is COc1cc(C2Oc3cc(O)cc(O)c3C=C2O[C@@H]2O[C@H](COC(=O)CC(=O)O)[C@H](O)[C@@H](O)[C@H]2O)cc(OC)c1O. The topological polar surface area (TPSA) is 231 Å².